The summed E-state index contributed by atoms with van der Waals surface area (Å²) in [6.45, 7) is 0.604. The summed E-state index contributed by atoms with van der Waals surface area (Å²) in [7, 11) is 0. The normalized spacial score (nSPS) is 10.6. The molecule has 0 saturated carbocycles. The molecule has 0 aliphatic carbocycles. The third-order valence-corrected chi connectivity index (χ3v) is 5.19. The van der Waals surface area contributed by atoms with E-state index in [1.807, 2.05) is 41.0 Å². The highest BCUT2D eigenvalue weighted by molar-refractivity contribution is 7.99. The molecule has 6 nitrogen and oxygen atoms in total. The maximum atomic E-state index is 9.17. The third-order valence-electron chi connectivity index (χ3n) is 3.96. The monoisotopic (exact) mass is 404 g/mol. The van der Waals surface area contributed by atoms with Gasteiger partial charge in [0, 0.05) is 18.0 Å². The van der Waals surface area contributed by atoms with Gasteiger partial charge in [-0.05, 0) is 41.6 Å². The molecule has 0 saturated heterocycles. The van der Waals surface area contributed by atoms with Crippen LogP contribution in [0.4, 0.5) is 0 Å². The van der Waals surface area contributed by atoms with E-state index < -0.39 is 0 Å². The van der Waals surface area contributed by atoms with E-state index in [4.69, 9.17) is 16.9 Å². The molecular formula is C20H13ClN6S. The molecule has 0 fully saturated rings. The van der Waals surface area contributed by atoms with Crippen LogP contribution >= 0.6 is 23.4 Å². The number of hydrogen-bond acceptors (Lipinski definition) is 6. The van der Waals surface area contributed by atoms with Crippen LogP contribution in [0.5, 0.6) is 0 Å². The number of benzene rings is 1. The summed E-state index contributed by atoms with van der Waals surface area (Å²) in [4.78, 5) is 8.37. The first kappa shape index (κ1) is 18.2. The lowest BCUT2D eigenvalue weighted by Crippen LogP contribution is -2.04. The number of pyridine rings is 2. The van der Waals surface area contributed by atoms with E-state index in [0.29, 0.717) is 21.7 Å². The molecule has 4 rings (SSSR count). The SMILES string of the molecule is N#Cc1nc(Sc2nnc(-c3ccncc3)n2Cc2ccccc2)ccc1Cl. The molecule has 0 amide bonds. The summed E-state index contributed by atoms with van der Waals surface area (Å²) >= 11 is 7.33. The first-order valence-electron chi connectivity index (χ1n) is 8.36. The second kappa shape index (κ2) is 8.21. The zero-order chi connectivity index (χ0) is 19.3. The van der Waals surface area contributed by atoms with Crippen LogP contribution in [0.3, 0.4) is 0 Å². The molecule has 0 aliphatic heterocycles. The molecule has 0 N–H and O–H groups in total. The van der Waals surface area contributed by atoms with E-state index in [0.717, 1.165) is 17.0 Å². The molecule has 28 heavy (non-hydrogen) atoms. The highest BCUT2D eigenvalue weighted by Gasteiger charge is 2.16. The second-order valence-electron chi connectivity index (χ2n) is 5.81. The maximum Gasteiger partial charge on any atom is 0.198 e. The molecule has 136 valence electrons. The number of nitrogens with zero attached hydrogens (tertiary/aromatic N) is 6. The zero-order valence-corrected chi connectivity index (χ0v) is 16.1. The zero-order valence-electron chi connectivity index (χ0n) is 14.5. The summed E-state index contributed by atoms with van der Waals surface area (Å²) in [5.74, 6) is 0.739. The Kier molecular flexibility index (Phi) is 5.33. The largest absolute Gasteiger partial charge is 0.297 e. The molecular weight excluding hydrogens is 392 g/mol. The van der Waals surface area contributed by atoms with E-state index in [-0.39, 0.29) is 5.69 Å². The minimum Gasteiger partial charge on any atom is -0.297 e. The van der Waals surface area contributed by atoms with E-state index >= 15 is 0 Å². The average Bonchev–Trinajstić information content (AvgIpc) is 3.13. The Hall–Kier alpha value is -3.21. The number of aromatic nitrogens is 5. The van der Waals surface area contributed by atoms with Crippen LogP contribution in [-0.4, -0.2) is 24.7 Å². The van der Waals surface area contributed by atoms with Gasteiger partial charge in [0.1, 0.15) is 11.1 Å². The van der Waals surface area contributed by atoms with Crippen molar-refractivity contribution in [2.75, 3.05) is 0 Å². The fraction of sp³-hybridized carbons (Fsp3) is 0.0500. The minimum atomic E-state index is 0.190. The Morgan fingerprint density at radius 2 is 1.79 bits per heavy atom. The van der Waals surface area contributed by atoms with Gasteiger partial charge in [0.15, 0.2) is 16.7 Å². The lowest BCUT2D eigenvalue weighted by molar-refractivity contribution is 0.714. The highest BCUT2D eigenvalue weighted by Crippen LogP contribution is 2.30. The summed E-state index contributed by atoms with van der Waals surface area (Å²) in [5.41, 5.74) is 2.24. The number of halogens is 1. The maximum absolute atomic E-state index is 9.17. The van der Waals surface area contributed by atoms with Gasteiger partial charge in [0.05, 0.1) is 11.6 Å². The Morgan fingerprint density at radius 3 is 2.54 bits per heavy atom. The molecule has 0 bridgehead atoms. The molecule has 0 spiro atoms. The summed E-state index contributed by atoms with van der Waals surface area (Å²) in [6.07, 6.45) is 3.45. The molecule has 1 aromatic carbocycles. The topological polar surface area (TPSA) is 80.3 Å². The van der Waals surface area contributed by atoms with Crippen LogP contribution in [-0.2, 0) is 6.54 Å². The van der Waals surface area contributed by atoms with Crippen LogP contribution in [0.15, 0.2) is 77.2 Å². The Balaban J connectivity index is 1.75. The van der Waals surface area contributed by atoms with Gasteiger partial charge in [-0.2, -0.15) is 5.26 Å². The van der Waals surface area contributed by atoms with E-state index in [9.17, 15) is 0 Å². The molecule has 0 radical (unpaired) electrons. The minimum absolute atomic E-state index is 0.190. The highest BCUT2D eigenvalue weighted by atomic mass is 35.5. The lowest BCUT2D eigenvalue weighted by Gasteiger charge is -2.10. The lowest BCUT2D eigenvalue weighted by atomic mass is 10.2. The predicted molar refractivity (Wildman–Crippen MR) is 107 cm³/mol. The molecule has 0 unspecified atom stereocenters. The van der Waals surface area contributed by atoms with E-state index in [1.54, 1.807) is 24.5 Å². The molecule has 3 heterocycles. The Bertz CT molecular complexity index is 1140. The molecule has 0 aliphatic rings. The van der Waals surface area contributed by atoms with Gasteiger partial charge in [-0.1, -0.05) is 41.9 Å². The van der Waals surface area contributed by atoms with Crippen molar-refractivity contribution in [1.82, 2.24) is 24.7 Å². The smallest absolute Gasteiger partial charge is 0.198 e. The average molecular weight is 405 g/mol. The fourth-order valence-corrected chi connectivity index (χ4v) is 3.59. The van der Waals surface area contributed by atoms with Crippen molar-refractivity contribution in [3.8, 4) is 17.5 Å². The van der Waals surface area contributed by atoms with Crippen molar-refractivity contribution in [3.05, 3.63) is 83.3 Å². The van der Waals surface area contributed by atoms with Crippen LogP contribution < -0.4 is 0 Å². The fourth-order valence-electron chi connectivity index (χ4n) is 2.64. The quantitative estimate of drug-likeness (QED) is 0.488. The van der Waals surface area contributed by atoms with Crippen molar-refractivity contribution < 1.29 is 0 Å². The standard InChI is InChI=1S/C20H13ClN6S/c21-16-6-7-18(24-17(16)12-22)28-20-26-25-19(15-8-10-23-11-9-15)27(20)13-14-4-2-1-3-5-14/h1-11H,13H2. The summed E-state index contributed by atoms with van der Waals surface area (Å²) in [5, 5.41) is 19.5. The van der Waals surface area contributed by atoms with Gasteiger partial charge in [0.25, 0.3) is 0 Å². The third kappa shape index (κ3) is 3.88. The van der Waals surface area contributed by atoms with Gasteiger partial charge in [-0.15, -0.1) is 10.2 Å². The van der Waals surface area contributed by atoms with Gasteiger partial charge in [0.2, 0.25) is 0 Å². The van der Waals surface area contributed by atoms with Gasteiger partial charge in [-0.25, -0.2) is 4.98 Å². The van der Waals surface area contributed by atoms with Crippen LogP contribution in [0.2, 0.25) is 5.02 Å². The van der Waals surface area contributed by atoms with Gasteiger partial charge in [-0.3, -0.25) is 9.55 Å². The van der Waals surface area contributed by atoms with Crippen LogP contribution in [0.25, 0.3) is 11.4 Å². The van der Waals surface area contributed by atoms with Crippen molar-refractivity contribution in [2.45, 2.75) is 16.7 Å². The van der Waals surface area contributed by atoms with Crippen LogP contribution in [0.1, 0.15) is 11.3 Å². The molecule has 3 aromatic heterocycles. The van der Waals surface area contributed by atoms with E-state index in [2.05, 4.69) is 32.3 Å². The van der Waals surface area contributed by atoms with Crippen molar-refractivity contribution in [1.29, 1.82) is 5.26 Å². The number of nitriles is 1. The van der Waals surface area contributed by atoms with Crippen molar-refractivity contribution in [2.24, 2.45) is 0 Å². The summed E-state index contributed by atoms with van der Waals surface area (Å²) in [6, 6.07) is 19.3. The second-order valence-corrected chi connectivity index (χ2v) is 7.20. The molecule has 4 aromatic rings. The van der Waals surface area contributed by atoms with Crippen LogP contribution in [0, 0.1) is 11.3 Å². The predicted octanol–water partition coefficient (Wildman–Crippen LogP) is 4.46. The Labute approximate surface area is 170 Å². The molecule has 0 atom stereocenters. The van der Waals surface area contributed by atoms with Crippen molar-refractivity contribution in [3.63, 3.8) is 0 Å². The first-order chi connectivity index (χ1) is 13.7. The number of hydrogen-bond donors (Lipinski definition) is 0. The summed E-state index contributed by atoms with van der Waals surface area (Å²) < 4.78 is 2.03. The Morgan fingerprint density at radius 1 is 1.00 bits per heavy atom. The number of rotatable bonds is 5. The first-order valence-corrected chi connectivity index (χ1v) is 9.56. The van der Waals surface area contributed by atoms with Gasteiger partial charge < -0.3 is 0 Å². The van der Waals surface area contributed by atoms with E-state index in [1.165, 1.54) is 11.8 Å². The molecule has 8 heteroatoms. The van der Waals surface area contributed by atoms with Gasteiger partial charge >= 0.3 is 0 Å². The van der Waals surface area contributed by atoms with Crippen molar-refractivity contribution >= 4 is 23.4 Å².